The van der Waals surface area contributed by atoms with E-state index in [1.165, 1.54) is 47.8 Å². The molecule has 0 atom stereocenters. The summed E-state index contributed by atoms with van der Waals surface area (Å²) >= 11 is 1.88. The van der Waals surface area contributed by atoms with Gasteiger partial charge in [-0.3, -0.25) is 9.78 Å². The predicted molar refractivity (Wildman–Crippen MR) is 209 cm³/mol. The Bertz CT molecular complexity index is 1840. The minimum atomic E-state index is -1.35. The van der Waals surface area contributed by atoms with Gasteiger partial charge >= 0.3 is 0 Å². The largest absolute Gasteiger partial charge is 0.512 e. The van der Waals surface area contributed by atoms with E-state index in [2.05, 4.69) is 94.2 Å². The number of carbonyl (C=O) groups is 1. The summed E-state index contributed by atoms with van der Waals surface area (Å²) in [6.45, 7) is 19.9. The molecule has 6 heteroatoms. The Balaban J connectivity index is 0.000000334. The van der Waals surface area contributed by atoms with Crippen LogP contribution >= 0.6 is 11.3 Å². The average Bonchev–Trinajstić information content (AvgIpc) is 3.44. The molecule has 3 aromatic carbocycles. The zero-order valence-corrected chi connectivity index (χ0v) is 34.6. The molecule has 0 fully saturated rings. The fourth-order valence-electron chi connectivity index (χ4n) is 6.59. The number of aliphatic hydroxyl groups is 1. The van der Waals surface area contributed by atoms with Crippen molar-refractivity contribution in [2.24, 2.45) is 11.8 Å². The van der Waals surface area contributed by atoms with E-state index in [1.807, 2.05) is 45.2 Å². The molecule has 1 radical (unpaired) electrons. The molecule has 0 unspecified atom stereocenters. The van der Waals surface area contributed by atoms with Gasteiger partial charge in [-0.15, -0.1) is 40.5 Å². The van der Waals surface area contributed by atoms with E-state index in [-0.39, 0.29) is 43.5 Å². The first-order valence-corrected chi connectivity index (χ1v) is 22.0. The van der Waals surface area contributed by atoms with Crippen molar-refractivity contribution in [3.05, 3.63) is 84.3 Å². The van der Waals surface area contributed by atoms with Crippen molar-refractivity contribution in [2.75, 3.05) is 0 Å². The van der Waals surface area contributed by atoms with E-state index in [0.717, 1.165) is 49.8 Å². The molecule has 0 aliphatic heterocycles. The topological polar surface area (TPSA) is 50.2 Å². The van der Waals surface area contributed by atoms with Gasteiger partial charge < -0.3 is 5.11 Å². The zero-order chi connectivity index (χ0) is 34.3. The van der Waals surface area contributed by atoms with Crippen LogP contribution in [0.2, 0.25) is 19.6 Å². The molecule has 0 saturated carbocycles. The Morgan fingerprint density at radius 2 is 1.48 bits per heavy atom. The fraction of sp³-hybridized carbons (Fsp3) is 0.429. The summed E-state index contributed by atoms with van der Waals surface area (Å²) < 4.78 is 2.65. The van der Waals surface area contributed by atoms with Crippen molar-refractivity contribution in [1.82, 2.24) is 4.98 Å². The number of fused-ring (bicyclic) bond motifs is 4. The summed E-state index contributed by atoms with van der Waals surface area (Å²) in [5.74, 6) is 1.10. The number of carbonyl (C=O) groups excluding carboxylic acids is 1. The van der Waals surface area contributed by atoms with Gasteiger partial charge in [0.05, 0.1) is 13.8 Å². The molecule has 0 saturated heterocycles. The van der Waals surface area contributed by atoms with Crippen LogP contribution in [0.25, 0.3) is 42.2 Å². The van der Waals surface area contributed by atoms with E-state index in [1.54, 1.807) is 0 Å². The van der Waals surface area contributed by atoms with Crippen molar-refractivity contribution >= 4 is 61.3 Å². The smallest absolute Gasteiger partial charge is 0.162 e. The molecule has 2 aromatic heterocycles. The van der Waals surface area contributed by atoms with Gasteiger partial charge in [0.25, 0.3) is 0 Å². The standard InChI is InChI=1S/C29H30NSSi.C13H24O2.Ir/c1-6-19(7-2)26-17-21(16-20-10-8-9-11-23(20)26)28-29-25(14-15-30-28)24-13-12-22(32(3,4)5)18-27(24)31-29;1-5-10(6-2)12(14)9-13(15)11(7-3)8-4;/h8-15,17-19H,6-7H2,1-5H3;9-11,14H,5-8H2,1-4H3;/q-1;;/b;12-9-;. The van der Waals surface area contributed by atoms with Gasteiger partial charge in [-0.2, -0.15) is 0 Å². The van der Waals surface area contributed by atoms with Crippen molar-refractivity contribution in [3.63, 3.8) is 0 Å². The quantitative estimate of drug-likeness (QED) is 0.0589. The number of nitrogens with zero attached hydrogens (tertiary/aromatic N) is 1. The summed E-state index contributed by atoms with van der Waals surface area (Å²) in [6.07, 6.45) is 9.16. The molecule has 5 rings (SSSR count). The fourth-order valence-corrected chi connectivity index (χ4v) is 9.10. The van der Waals surface area contributed by atoms with E-state index in [0.29, 0.717) is 5.92 Å². The van der Waals surface area contributed by atoms with Crippen LogP contribution in [0.15, 0.2) is 72.6 Å². The van der Waals surface area contributed by atoms with Crippen LogP contribution in [0.5, 0.6) is 0 Å². The van der Waals surface area contributed by atoms with Crippen molar-refractivity contribution in [1.29, 1.82) is 0 Å². The molecule has 0 aliphatic carbocycles. The van der Waals surface area contributed by atoms with Gasteiger partial charge in [-0.1, -0.05) is 120 Å². The first-order chi connectivity index (χ1) is 22.5. The van der Waals surface area contributed by atoms with E-state index in [4.69, 9.17) is 4.98 Å². The Labute approximate surface area is 307 Å². The zero-order valence-electron chi connectivity index (χ0n) is 30.4. The summed E-state index contributed by atoms with van der Waals surface area (Å²) in [6, 6.07) is 24.0. The Hall–Kier alpha value is -2.63. The van der Waals surface area contributed by atoms with Gasteiger partial charge in [-0.05, 0) is 54.5 Å². The maximum atomic E-state index is 11.7. The van der Waals surface area contributed by atoms with Crippen molar-refractivity contribution < 1.29 is 30.0 Å². The maximum Gasteiger partial charge on any atom is 0.162 e. The molecule has 259 valence electrons. The first-order valence-electron chi connectivity index (χ1n) is 17.7. The maximum absolute atomic E-state index is 11.7. The number of rotatable bonds is 12. The number of pyridine rings is 1. The first kappa shape index (κ1) is 39.8. The summed E-state index contributed by atoms with van der Waals surface area (Å²) in [7, 11) is -1.35. The third-order valence-corrected chi connectivity index (χ3v) is 13.0. The van der Waals surface area contributed by atoms with E-state index >= 15 is 0 Å². The minimum absolute atomic E-state index is 0. The molecule has 0 spiro atoms. The van der Waals surface area contributed by atoms with Crippen LogP contribution in [-0.2, 0) is 24.9 Å². The number of hydrogen-bond acceptors (Lipinski definition) is 4. The van der Waals surface area contributed by atoms with Gasteiger partial charge in [0.2, 0.25) is 0 Å². The second-order valence-electron chi connectivity index (χ2n) is 13.8. The van der Waals surface area contributed by atoms with E-state index < -0.39 is 8.07 Å². The molecule has 0 amide bonds. The third-order valence-electron chi connectivity index (χ3n) is 9.82. The molecule has 0 bridgehead atoms. The number of hydrogen-bond donors (Lipinski definition) is 1. The number of allylic oxidation sites excluding steroid dienone is 2. The summed E-state index contributed by atoms with van der Waals surface area (Å²) in [4.78, 5) is 16.6. The molecular formula is C42H54IrNO2SSi-. The van der Waals surface area contributed by atoms with Crippen LogP contribution in [0, 0.1) is 17.9 Å². The normalized spacial score (nSPS) is 12.2. The summed E-state index contributed by atoms with van der Waals surface area (Å²) in [5.41, 5.74) is 3.62. The second-order valence-corrected chi connectivity index (χ2v) is 19.9. The molecule has 3 nitrogen and oxygen atoms in total. The number of benzene rings is 3. The van der Waals surface area contributed by atoms with Crippen LogP contribution < -0.4 is 5.19 Å². The number of aliphatic hydroxyl groups excluding tert-OH is 1. The number of aromatic nitrogens is 1. The van der Waals surface area contributed by atoms with Gasteiger partial charge in [0, 0.05) is 59.3 Å². The molecule has 0 aliphatic rings. The van der Waals surface area contributed by atoms with Crippen LogP contribution in [0.1, 0.15) is 91.5 Å². The predicted octanol–water partition coefficient (Wildman–Crippen LogP) is 12.4. The average molecular weight is 857 g/mol. The number of thiophene rings is 1. The minimum Gasteiger partial charge on any atom is -0.512 e. The molecule has 48 heavy (non-hydrogen) atoms. The van der Waals surface area contributed by atoms with Gasteiger partial charge in [0.15, 0.2) is 5.78 Å². The van der Waals surface area contributed by atoms with Crippen molar-refractivity contribution in [3.8, 4) is 11.3 Å². The van der Waals surface area contributed by atoms with Gasteiger partial charge in [0.1, 0.15) is 0 Å². The molecule has 1 N–H and O–H groups in total. The van der Waals surface area contributed by atoms with E-state index in [9.17, 15) is 9.90 Å². The van der Waals surface area contributed by atoms with Gasteiger partial charge in [-0.25, -0.2) is 0 Å². The molecule has 2 heterocycles. The molecular weight excluding hydrogens is 803 g/mol. The monoisotopic (exact) mass is 857 g/mol. The number of ketones is 1. The SMILES string of the molecule is CCC(CC)C(=O)/C=C(\O)C(CC)CC.CCC(CC)c1cc(-c2nccc3c2sc2cc([Si](C)(C)C)ccc23)[c-]c2ccccc12.[Ir]. The van der Waals surface area contributed by atoms with Crippen LogP contribution in [-0.4, -0.2) is 23.9 Å². The van der Waals surface area contributed by atoms with Crippen LogP contribution in [0.4, 0.5) is 0 Å². The second kappa shape index (κ2) is 17.9. The Morgan fingerprint density at radius 1 is 0.833 bits per heavy atom. The third kappa shape index (κ3) is 8.93. The summed E-state index contributed by atoms with van der Waals surface area (Å²) in [5, 5.41) is 16.4. The van der Waals surface area contributed by atoms with Crippen LogP contribution in [0.3, 0.4) is 0 Å². The molecule has 5 aromatic rings. The van der Waals surface area contributed by atoms with Crippen molar-refractivity contribution in [2.45, 2.75) is 106 Å². The Morgan fingerprint density at radius 3 is 2.08 bits per heavy atom. The Kier molecular flexibility index (Phi) is 14.8.